The molecular formula is C24H30N2O4. The largest absolute Gasteiger partial charge is 0.447 e. The fourth-order valence-corrected chi connectivity index (χ4v) is 3.67. The smallest absolute Gasteiger partial charge is 0.417 e. The second-order valence-corrected chi connectivity index (χ2v) is 8.36. The summed E-state index contributed by atoms with van der Waals surface area (Å²) in [6.07, 6.45) is 3.99. The Morgan fingerprint density at radius 1 is 1.37 bits per heavy atom. The molecule has 1 aromatic carbocycles. The molecule has 2 heterocycles. The van der Waals surface area contributed by atoms with E-state index >= 15 is 0 Å². The number of nitrogens with zero attached hydrogens (tertiary/aromatic N) is 2. The van der Waals surface area contributed by atoms with Crippen molar-refractivity contribution in [2.24, 2.45) is 11.3 Å². The van der Waals surface area contributed by atoms with E-state index in [-0.39, 0.29) is 31.1 Å². The number of benzene rings is 1. The number of amides is 2. The standard InChI is InChI=1S/C24H30N2O4/c1-6-19-10-9-18-8-7-17(13-20(18)25-19)11-12-24(4,15-29-5)22(27)26-21(16(2)3)14-30-23(26)28/h7-13,16,21H,6,14-15H2,1-5H3/b12-11+/t21?,24-/m1/s1. The van der Waals surface area contributed by atoms with Gasteiger partial charge in [0, 0.05) is 18.2 Å². The third-order valence-electron chi connectivity index (χ3n) is 5.61. The number of cyclic esters (lactones) is 1. The normalized spacial score (nSPS) is 18.9. The molecule has 0 aliphatic carbocycles. The molecule has 2 amide bonds. The predicted molar refractivity (Wildman–Crippen MR) is 117 cm³/mol. The summed E-state index contributed by atoms with van der Waals surface area (Å²) >= 11 is 0. The molecule has 0 saturated carbocycles. The molecule has 1 aliphatic heterocycles. The maximum Gasteiger partial charge on any atom is 0.417 e. The molecule has 1 unspecified atom stereocenters. The Bertz CT molecular complexity index is 969. The van der Waals surface area contributed by atoms with Crippen LogP contribution in [0, 0.1) is 11.3 Å². The number of rotatable bonds is 7. The first-order valence-electron chi connectivity index (χ1n) is 10.4. The van der Waals surface area contributed by atoms with Gasteiger partial charge in [-0.2, -0.15) is 0 Å². The quantitative estimate of drug-likeness (QED) is 0.674. The van der Waals surface area contributed by atoms with E-state index in [1.807, 2.05) is 50.3 Å². The van der Waals surface area contributed by atoms with Crippen molar-refractivity contribution < 1.29 is 19.1 Å². The number of carbonyl (C=O) groups excluding carboxylic acids is 2. The molecule has 1 fully saturated rings. The maximum absolute atomic E-state index is 13.4. The molecule has 3 rings (SSSR count). The average molecular weight is 411 g/mol. The maximum atomic E-state index is 13.4. The number of aromatic nitrogens is 1. The van der Waals surface area contributed by atoms with E-state index < -0.39 is 11.5 Å². The summed E-state index contributed by atoms with van der Waals surface area (Å²) < 4.78 is 10.5. The highest BCUT2D eigenvalue weighted by Gasteiger charge is 2.46. The van der Waals surface area contributed by atoms with Gasteiger partial charge < -0.3 is 9.47 Å². The molecule has 6 heteroatoms. The number of hydrogen-bond donors (Lipinski definition) is 0. The van der Waals surface area contributed by atoms with E-state index in [4.69, 9.17) is 9.47 Å². The predicted octanol–water partition coefficient (Wildman–Crippen LogP) is 4.47. The van der Waals surface area contributed by atoms with Crippen LogP contribution in [0.25, 0.3) is 17.0 Å². The van der Waals surface area contributed by atoms with E-state index in [9.17, 15) is 9.59 Å². The first kappa shape index (κ1) is 22.0. The third kappa shape index (κ3) is 4.38. The van der Waals surface area contributed by atoms with Crippen molar-refractivity contribution >= 4 is 29.0 Å². The fraction of sp³-hybridized carbons (Fsp3) is 0.458. The van der Waals surface area contributed by atoms with Crippen molar-refractivity contribution in [2.75, 3.05) is 20.3 Å². The average Bonchev–Trinajstić information content (AvgIpc) is 3.12. The van der Waals surface area contributed by atoms with Crippen molar-refractivity contribution in [1.29, 1.82) is 0 Å². The molecule has 30 heavy (non-hydrogen) atoms. The Balaban J connectivity index is 1.91. The summed E-state index contributed by atoms with van der Waals surface area (Å²) in [4.78, 5) is 31.6. The first-order chi connectivity index (χ1) is 14.3. The number of carbonyl (C=O) groups is 2. The van der Waals surface area contributed by atoms with Crippen molar-refractivity contribution in [3.05, 3.63) is 47.7 Å². The zero-order chi connectivity index (χ0) is 21.9. The topological polar surface area (TPSA) is 68.7 Å². The molecule has 1 aromatic heterocycles. The highest BCUT2D eigenvalue weighted by Crippen LogP contribution is 2.30. The van der Waals surface area contributed by atoms with Gasteiger partial charge in [0.2, 0.25) is 5.91 Å². The lowest BCUT2D eigenvalue weighted by atomic mass is 9.87. The minimum absolute atomic E-state index is 0.107. The Hall–Kier alpha value is -2.73. The van der Waals surface area contributed by atoms with Gasteiger partial charge in [-0.15, -0.1) is 0 Å². The molecule has 0 bridgehead atoms. The van der Waals surface area contributed by atoms with Gasteiger partial charge in [0.25, 0.3) is 0 Å². The van der Waals surface area contributed by atoms with Crippen LogP contribution in [0.4, 0.5) is 4.79 Å². The zero-order valence-electron chi connectivity index (χ0n) is 18.3. The number of methoxy groups -OCH3 is 1. The first-order valence-corrected chi connectivity index (χ1v) is 10.4. The fourth-order valence-electron chi connectivity index (χ4n) is 3.67. The Kier molecular flexibility index (Phi) is 6.56. The second kappa shape index (κ2) is 8.96. The number of imide groups is 1. The third-order valence-corrected chi connectivity index (χ3v) is 5.61. The van der Waals surface area contributed by atoms with Gasteiger partial charge in [-0.05, 0) is 37.0 Å². The molecular weight excluding hydrogens is 380 g/mol. The van der Waals surface area contributed by atoms with Gasteiger partial charge in [0.15, 0.2) is 0 Å². The summed E-state index contributed by atoms with van der Waals surface area (Å²) in [5.74, 6) is -0.204. The summed E-state index contributed by atoms with van der Waals surface area (Å²) in [5, 5.41) is 1.07. The van der Waals surface area contributed by atoms with Crippen LogP contribution in [0.15, 0.2) is 36.4 Å². The highest BCUT2D eigenvalue weighted by atomic mass is 16.6. The van der Waals surface area contributed by atoms with Crippen LogP contribution in [-0.2, 0) is 20.7 Å². The summed E-state index contributed by atoms with van der Waals surface area (Å²) in [6, 6.07) is 9.84. The molecule has 160 valence electrons. The second-order valence-electron chi connectivity index (χ2n) is 8.36. The van der Waals surface area contributed by atoms with Crippen LogP contribution in [0.5, 0.6) is 0 Å². The van der Waals surface area contributed by atoms with E-state index in [0.717, 1.165) is 28.6 Å². The molecule has 0 radical (unpaired) electrons. The lowest BCUT2D eigenvalue weighted by Crippen LogP contribution is -2.49. The number of fused-ring (bicyclic) bond motifs is 1. The van der Waals surface area contributed by atoms with Gasteiger partial charge in [0.05, 0.1) is 23.6 Å². The van der Waals surface area contributed by atoms with Crippen LogP contribution in [0.3, 0.4) is 0 Å². The van der Waals surface area contributed by atoms with E-state index in [0.29, 0.717) is 0 Å². The minimum atomic E-state index is -1.00. The molecule has 1 saturated heterocycles. The van der Waals surface area contributed by atoms with Crippen LogP contribution < -0.4 is 0 Å². The van der Waals surface area contributed by atoms with Gasteiger partial charge in [-0.25, -0.2) is 9.69 Å². The summed E-state index contributed by atoms with van der Waals surface area (Å²) in [6.45, 7) is 8.19. The van der Waals surface area contributed by atoms with Crippen molar-refractivity contribution in [3.63, 3.8) is 0 Å². The van der Waals surface area contributed by atoms with Crippen LogP contribution in [0.1, 0.15) is 39.0 Å². The van der Waals surface area contributed by atoms with Crippen molar-refractivity contribution in [3.8, 4) is 0 Å². The molecule has 1 aliphatic rings. The van der Waals surface area contributed by atoms with Gasteiger partial charge in [-0.3, -0.25) is 9.78 Å². The molecule has 0 spiro atoms. The van der Waals surface area contributed by atoms with Gasteiger partial charge in [-0.1, -0.05) is 51.1 Å². The molecule has 2 atom stereocenters. The van der Waals surface area contributed by atoms with E-state index in [1.54, 1.807) is 14.0 Å². The lowest BCUT2D eigenvalue weighted by molar-refractivity contribution is -0.139. The Labute approximate surface area is 177 Å². The zero-order valence-corrected chi connectivity index (χ0v) is 18.3. The number of pyridine rings is 1. The SMILES string of the molecule is CCc1ccc2ccc(/C=C/[C@](C)(COC)C(=O)N3C(=O)OCC3C(C)C)cc2n1. The van der Waals surface area contributed by atoms with E-state index in [2.05, 4.69) is 18.0 Å². The van der Waals surface area contributed by atoms with E-state index in [1.165, 1.54) is 4.90 Å². The lowest BCUT2D eigenvalue weighted by Gasteiger charge is -2.31. The van der Waals surface area contributed by atoms with Crippen LogP contribution in [0.2, 0.25) is 0 Å². The van der Waals surface area contributed by atoms with Gasteiger partial charge >= 0.3 is 6.09 Å². The molecule has 0 N–H and O–H groups in total. The molecule has 6 nitrogen and oxygen atoms in total. The molecule has 2 aromatic rings. The summed E-state index contributed by atoms with van der Waals surface area (Å²) in [5.41, 5.74) is 1.89. The van der Waals surface area contributed by atoms with Gasteiger partial charge in [0.1, 0.15) is 6.61 Å². The highest BCUT2D eigenvalue weighted by molar-refractivity contribution is 5.98. The minimum Gasteiger partial charge on any atom is -0.447 e. The monoisotopic (exact) mass is 410 g/mol. The van der Waals surface area contributed by atoms with Crippen LogP contribution in [-0.4, -0.2) is 48.2 Å². The summed E-state index contributed by atoms with van der Waals surface area (Å²) in [7, 11) is 1.55. The number of ether oxygens (including phenoxy) is 2. The Morgan fingerprint density at radius 2 is 2.10 bits per heavy atom. The van der Waals surface area contributed by atoms with Crippen LogP contribution >= 0.6 is 0 Å². The number of hydrogen-bond acceptors (Lipinski definition) is 5. The van der Waals surface area contributed by atoms with Crippen molar-refractivity contribution in [2.45, 2.75) is 40.2 Å². The number of aryl methyl sites for hydroxylation is 1. The Morgan fingerprint density at radius 3 is 2.77 bits per heavy atom. The van der Waals surface area contributed by atoms with Crippen molar-refractivity contribution in [1.82, 2.24) is 9.88 Å².